The summed E-state index contributed by atoms with van der Waals surface area (Å²) in [5, 5.41) is 3.49. The van der Waals surface area contributed by atoms with Crippen molar-refractivity contribution >= 4 is 28.9 Å². The zero-order valence-corrected chi connectivity index (χ0v) is 12.3. The Hall–Kier alpha value is -1.26. The summed E-state index contributed by atoms with van der Waals surface area (Å²) < 4.78 is 0. The molecule has 0 aliphatic heterocycles. The zero-order chi connectivity index (χ0) is 14.2. The van der Waals surface area contributed by atoms with Crippen LogP contribution in [-0.2, 0) is 4.79 Å². The maximum Gasteiger partial charge on any atom is 0.244 e. The van der Waals surface area contributed by atoms with Crippen molar-refractivity contribution in [2.75, 3.05) is 24.3 Å². The molecule has 1 unspecified atom stereocenters. The lowest BCUT2D eigenvalue weighted by Gasteiger charge is -2.25. The average molecular weight is 282 g/mol. The Balaban J connectivity index is 2.22. The van der Waals surface area contributed by atoms with Crippen LogP contribution in [-0.4, -0.2) is 25.5 Å². The van der Waals surface area contributed by atoms with Crippen molar-refractivity contribution < 1.29 is 4.79 Å². The summed E-state index contributed by atoms with van der Waals surface area (Å²) in [7, 11) is 3.84. The van der Waals surface area contributed by atoms with E-state index in [0.29, 0.717) is 10.7 Å². The Morgan fingerprint density at radius 2 is 2.11 bits per heavy atom. The molecular weight excluding hydrogens is 262 g/mol. The summed E-state index contributed by atoms with van der Waals surface area (Å²) >= 11 is 5.99. The molecule has 0 saturated heterocycles. The number of nitrogens with one attached hydrogen (secondary N) is 1. The second-order valence-corrected chi connectivity index (χ2v) is 6.00. The Morgan fingerprint density at radius 3 is 2.63 bits per heavy atom. The second kappa shape index (κ2) is 5.02. The Labute approximate surface area is 118 Å². The standard InChI is InChI=1S/C14H20ClN3O/c1-14(16,9-4-5-9)13(19)17-11-8-10(15)6-7-12(11)18(2)3/h6-9H,4-5,16H2,1-3H3,(H,17,19). The van der Waals surface area contributed by atoms with Gasteiger partial charge >= 0.3 is 0 Å². The molecule has 1 fully saturated rings. The van der Waals surface area contributed by atoms with Gasteiger partial charge in [0.1, 0.15) is 0 Å². The Bertz CT molecular complexity index is 495. The summed E-state index contributed by atoms with van der Waals surface area (Å²) in [6.07, 6.45) is 2.05. The lowest BCUT2D eigenvalue weighted by molar-refractivity contribution is -0.121. The number of carbonyl (C=O) groups is 1. The third-order valence-corrected chi connectivity index (χ3v) is 3.84. The highest BCUT2D eigenvalue weighted by Crippen LogP contribution is 2.39. The molecule has 104 valence electrons. The Kier molecular flexibility index (Phi) is 3.74. The third kappa shape index (κ3) is 3.01. The number of carbonyl (C=O) groups excluding carboxylic acids is 1. The zero-order valence-electron chi connectivity index (χ0n) is 11.5. The molecule has 0 radical (unpaired) electrons. The number of halogens is 1. The number of benzene rings is 1. The summed E-state index contributed by atoms with van der Waals surface area (Å²) in [6, 6.07) is 5.43. The number of nitrogens with zero attached hydrogens (tertiary/aromatic N) is 1. The quantitative estimate of drug-likeness (QED) is 0.891. The van der Waals surface area contributed by atoms with E-state index in [1.807, 2.05) is 25.1 Å². The molecule has 0 aromatic heterocycles. The highest BCUT2D eigenvalue weighted by atomic mass is 35.5. The molecular formula is C14H20ClN3O. The minimum absolute atomic E-state index is 0.152. The van der Waals surface area contributed by atoms with Crippen LogP contribution < -0.4 is 16.0 Å². The number of anilines is 2. The number of rotatable bonds is 4. The average Bonchev–Trinajstić information content (AvgIpc) is 3.12. The summed E-state index contributed by atoms with van der Waals surface area (Å²) in [4.78, 5) is 14.2. The molecule has 1 aliphatic carbocycles. The van der Waals surface area contributed by atoms with E-state index in [1.54, 1.807) is 19.1 Å². The van der Waals surface area contributed by atoms with Gasteiger partial charge in [0.25, 0.3) is 0 Å². The fourth-order valence-electron chi connectivity index (χ4n) is 2.12. The second-order valence-electron chi connectivity index (χ2n) is 5.57. The Morgan fingerprint density at radius 1 is 1.47 bits per heavy atom. The van der Waals surface area contributed by atoms with Crippen molar-refractivity contribution in [1.29, 1.82) is 0 Å². The normalized spacial score (nSPS) is 17.7. The molecule has 0 heterocycles. The first-order chi connectivity index (χ1) is 8.82. The highest BCUT2D eigenvalue weighted by Gasteiger charge is 2.44. The van der Waals surface area contributed by atoms with Gasteiger partial charge in [0, 0.05) is 19.1 Å². The van der Waals surface area contributed by atoms with Gasteiger partial charge in [-0.15, -0.1) is 0 Å². The SMILES string of the molecule is CN(C)c1ccc(Cl)cc1NC(=O)C(C)(N)C1CC1. The minimum atomic E-state index is -0.814. The number of amides is 1. The molecule has 1 aromatic rings. The van der Waals surface area contributed by atoms with Crippen LogP contribution in [0.3, 0.4) is 0 Å². The van der Waals surface area contributed by atoms with Gasteiger partial charge in [-0.1, -0.05) is 11.6 Å². The van der Waals surface area contributed by atoms with Gasteiger partial charge in [-0.2, -0.15) is 0 Å². The molecule has 1 amide bonds. The van der Waals surface area contributed by atoms with Crippen LogP contribution in [0.2, 0.25) is 5.02 Å². The van der Waals surface area contributed by atoms with Gasteiger partial charge in [0.05, 0.1) is 16.9 Å². The van der Waals surface area contributed by atoms with E-state index in [1.165, 1.54) is 0 Å². The van der Waals surface area contributed by atoms with Crippen molar-refractivity contribution in [2.45, 2.75) is 25.3 Å². The fraction of sp³-hybridized carbons (Fsp3) is 0.500. The van der Waals surface area contributed by atoms with Crippen LogP contribution >= 0.6 is 11.6 Å². The molecule has 1 saturated carbocycles. The van der Waals surface area contributed by atoms with Gasteiger partial charge < -0.3 is 16.0 Å². The molecule has 19 heavy (non-hydrogen) atoms. The van der Waals surface area contributed by atoms with Gasteiger partial charge in [0.2, 0.25) is 5.91 Å². The van der Waals surface area contributed by atoms with E-state index in [2.05, 4.69) is 5.32 Å². The van der Waals surface area contributed by atoms with Gasteiger partial charge in [0.15, 0.2) is 0 Å². The maximum absolute atomic E-state index is 12.3. The monoisotopic (exact) mass is 281 g/mol. The molecule has 1 aliphatic rings. The predicted molar refractivity (Wildman–Crippen MR) is 79.7 cm³/mol. The predicted octanol–water partition coefficient (Wildman–Crippen LogP) is 2.47. The summed E-state index contributed by atoms with van der Waals surface area (Å²) in [5.41, 5.74) is 6.91. The molecule has 1 aromatic carbocycles. The first kappa shape index (κ1) is 14.2. The maximum atomic E-state index is 12.3. The highest BCUT2D eigenvalue weighted by molar-refractivity contribution is 6.31. The van der Waals surface area contributed by atoms with Gasteiger partial charge in [-0.3, -0.25) is 4.79 Å². The molecule has 3 N–H and O–H groups in total. The van der Waals surface area contributed by atoms with Gasteiger partial charge in [-0.25, -0.2) is 0 Å². The van der Waals surface area contributed by atoms with Gasteiger partial charge in [-0.05, 0) is 43.9 Å². The largest absolute Gasteiger partial charge is 0.376 e. The minimum Gasteiger partial charge on any atom is -0.376 e. The molecule has 1 atom stereocenters. The molecule has 4 nitrogen and oxygen atoms in total. The van der Waals surface area contributed by atoms with E-state index < -0.39 is 5.54 Å². The van der Waals surface area contributed by atoms with E-state index in [4.69, 9.17) is 17.3 Å². The van der Waals surface area contributed by atoms with Crippen molar-refractivity contribution in [1.82, 2.24) is 0 Å². The number of nitrogens with two attached hydrogens (primary N) is 1. The summed E-state index contributed by atoms with van der Waals surface area (Å²) in [5.74, 6) is 0.134. The third-order valence-electron chi connectivity index (χ3n) is 3.60. The smallest absolute Gasteiger partial charge is 0.244 e. The lowest BCUT2D eigenvalue weighted by atomic mass is 9.96. The van der Waals surface area contributed by atoms with Crippen LogP contribution in [0.25, 0.3) is 0 Å². The van der Waals surface area contributed by atoms with Crippen molar-refractivity contribution in [3.8, 4) is 0 Å². The first-order valence-electron chi connectivity index (χ1n) is 6.39. The summed E-state index contributed by atoms with van der Waals surface area (Å²) in [6.45, 7) is 1.79. The topological polar surface area (TPSA) is 58.4 Å². The van der Waals surface area contributed by atoms with E-state index in [-0.39, 0.29) is 11.8 Å². The number of hydrogen-bond donors (Lipinski definition) is 2. The molecule has 2 rings (SSSR count). The van der Waals surface area contributed by atoms with Crippen LogP contribution in [0.5, 0.6) is 0 Å². The van der Waals surface area contributed by atoms with E-state index in [0.717, 1.165) is 18.5 Å². The van der Waals surface area contributed by atoms with E-state index >= 15 is 0 Å². The van der Waals surface area contributed by atoms with Crippen molar-refractivity contribution in [3.05, 3.63) is 23.2 Å². The van der Waals surface area contributed by atoms with Crippen LogP contribution in [0.4, 0.5) is 11.4 Å². The lowest BCUT2D eigenvalue weighted by Crippen LogP contribution is -2.50. The fourth-order valence-corrected chi connectivity index (χ4v) is 2.30. The molecule has 5 heteroatoms. The number of hydrogen-bond acceptors (Lipinski definition) is 3. The van der Waals surface area contributed by atoms with Crippen molar-refractivity contribution in [2.24, 2.45) is 11.7 Å². The van der Waals surface area contributed by atoms with Crippen LogP contribution in [0.15, 0.2) is 18.2 Å². The molecule has 0 spiro atoms. The van der Waals surface area contributed by atoms with Crippen LogP contribution in [0.1, 0.15) is 19.8 Å². The first-order valence-corrected chi connectivity index (χ1v) is 6.77. The van der Waals surface area contributed by atoms with E-state index in [9.17, 15) is 4.79 Å². The molecule has 0 bridgehead atoms. The van der Waals surface area contributed by atoms with Crippen molar-refractivity contribution in [3.63, 3.8) is 0 Å². The van der Waals surface area contributed by atoms with Crippen LogP contribution in [0, 0.1) is 5.92 Å².